The molecule has 116 valence electrons. The Kier molecular flexibility index (Phi) is 3.70. The summed E-state index contributed by atoms with van der Waals surface area (Å²) in [7, 11) is 0. The second-order valence-electron chi connectivity index (χ2n) is 5.52. The number of carboxylic acid groups (broad SMARTS) is 1. The Bertz CT molecular complexity index is 626. The third kappa shape index (κ3) is 3.03. The number of hydrogen-bond donors (Lipinski definition) is 3. The molecule has 22 heavy (non-hydrogen) atoms. The Morgan fingerprint density at radius 3 is 2.77 bits per heavy atom. The van der Waals surface area contributed by atoms with Crippen molar-refractivity contribution in [2.75, 3.05) is 5.32 Å². The van der Waals surface area contributed by atoms with Gasteiger partial charge in [0.25, 0.3) is 5.91 Å². The average molecular weight is 304 g/mol. The lowest BCUT2D eigenvalue weighted by Gasteiger charge is -2.25. The molecule has 1 aromatic rings. The number of fused-ring (bicyclic) bond motifs is 1. The predicted octanol–water partition coefficient (Wildman–Crippen LogP) is 0.756. The molecular weight excluding hydrogens is 288 g/mol. The van der Waals surface area contributed by atoms with Gasteiger partial charge < -0.3 is 20.5 Å². The van der Waals surface area contributed by atoms with Crippen LogP contribution in [-0.2, 0) is 14.4 Å². The molecule has 2 aliphatic rings. The van der Waals surface area contributed by atoms with E-state index in [1.54, 1.807) is 24.3 Å². The molecule has 7 nitrogen and oxygen atoms in total. The molecule has 3 N–H and O–H groups in total. The Balaban J connectivity index is 1.62. The summed E-state index contributed by atoms with van der Waals surface area (Å²) in [6, 6.07) is 6.05. The summed E-state index contributed by atoms with van der Waals surface area (Å²) in [6.45, 7) is 0. The van der Waals surface area contributed by atoms with E-state index in [2.05, 4.69) is 10.6 Å². The lowest BCUT2D eigenvalue weighted by molar-refractivity contribution is -0.142. The van der Waals surface area contributed by atoms with Crippen LogP contribution in [0.2, 0.25) is 0 Å². The Morgan fingerprint density at radius 2 is 2.09 bits per heavy atom. The van der Waals surface area contributed by atoms with Gasteiger partial charge >= 0.3 is 5.97 Å². The highest BCUT2D eigenvalue weighted by atomic mass is 16.5. The van der Waals surface area contributed by atoms with Gasteiger partial charge in [-0.05, 0) is 30.9 Å². The van der Waals surface area contributed by atoms with Crippen molar-refractivity contribution in [2.24, 2.45) is 5.92 Å². The number of rotatable bonds is 5. The first-order valence-corrected chi connectivity index (χ1v) is 7.13. The maximum atomic E-state index is 12.0. The normalized spacial score (nSPS) is 21.1. The second-order valence-corrected chi connectivity index (χ2v) is 5.52. The van der Waals surface area contributed by atoms with Gasteiger partial charge in [0.1, 0.15) is 11.8 Å². The fourth-order valence-corrected chi connectivity index (χ4v) is 2.44. The average Bonchev–Trinajstić information content (AvgIpc) is 3.30. The molecule has 0 radical (unpaired) electrons. The number of benzene rings is 1. The summed E-state index contributed by atoms with van der Waals surface area (Å²) >= 11 is 0. The van der Waals surface area contributed by atoms with Gasteiger partial charge in [-0.3, -0.25) is 9.59 Å². The van der Waals surface area contributed by atoms with Gasteiger partial charge in [-0.15, -0.1) is 0 Å². The molecule has 0 bridgehead atoms. The molecule has 1 aliphatic heterocycles. The van der Waals surface area contributed by atoms with Gasteiger partial charge in [-0.25, -0.2) is 4.79 Å². The molecule has 1 heterocycles. The fourth-order valence-electron chi connectivity index (χ4n) is 2.44. The minimum Gasteiger partial charge on any atom is -0.480 e. The van der Waals surface area contributed by atoms with Gasteiger partial charge in [0.15, 0.2) is 6.10 Å². The third-order valence-corrected chi connectivity index (χ3v) is 3.75. The smallest absolute Gasteiger partial charge is 0.326 e. The Hall–Kier alpha value is -2.57. The summed E-state index contributed by atoms with van der Waals surface area (Å²) in [5.41, 5.74) is 0.561. The Labute approximate surface area is 126 Å². The van der Waals surface area contributed by atoms with Crippen molar-refractivity contribution in [3.05, 3.63) is 24.3 Å². The number of carboxylic acids is 1. The predicted molar refractivity (Wildman–Crippen MR) is 76.4 cm³/mol. The summed E-state index contributed by atoms with van der Waals surface area (Å²) in [6.07, 6.45) is 0.427. The van der Waals surface area contributed by atoms with Crippen molar-refractivity contribution in [3.63, 3.8) is 0 Å². The summed E-state index contributed by atoms with van der Waals surface area (Å²) in [5, 5.41) is 14.2. The monoisotopic (exact) mass is 304 g/mol. The first kappa shape index (κ1) is 14.4. The van der Waals surface area contributed by atoms with Crippen LogP contribution in [0, 0.1) is 5.92 Å². The first-order chi connectivity index (χ1) is 10.5. The molecule has 1 fully saturated rings. The number of para-hydroxylation sites is 2. The zero-order chi connectivity index (χ0) is 15.7. The van der Waals surface area contributed by atoms with E-state index in [9.17, 15) is 14.4 Å². The number of nitrogens with one attached hydrogen (secondary N) is 2. The Morgan fingerprint density at radius 1 is 1.36 bits per heavy atom. The largest absolute Gasteiger partial charge is 0.480 e. The number of aliphatic carboxylic acids is 1. The molecule has 1 aromatic carbocycles. The SMILES string of the molecule is O=C(CC1Oc2ccccc2NC1=O)NC(C(=O)O)C1CC1. The summed E-state index contributed by atoms with van der Waals surface area (Å²) in [5.74, 6) is -1.47. The minimum atomic E-state index is -1.05. The molecule has 0 aromatic heterocycles. The lowest BCUT2D eigenvalue weighted by Crippen LogP contribution is -2.46. The lowest BCUT2D eigenvalue weighted by atomic mass is 10.1. The van der Waals surface area contributed by atoms with E-state index in [0.717, 1.165) is 12.8 Å². The molecule has 0 saturated heterocycles. The highest BCUT2D eigenvalue weighted by molar-refractivity contribution is 6.00. The zero-order valence-corrected chi connectivity index (χ0v) is 11.7. The van der Waals surface area contributed by atoms with E-state index >= 15 is 0 Å². The molecule has 7 heteroatoms. The molecular formula is C15H16N2O5. The van der Waals surface area contributed by atoms with Crippen LogP contribution in [-0.4, -0.2) is 35.0 Å². The van der Waals surface area contributed by atoms with Gasteiger partial charge in [-0.2, -0.15) is 0 Å². The van der Waals surface area contributed by atoms with E-state index < -0.39 is 29.9 Å². The van der Waals surface area contributed by atoms with Crippen LogP contribution in [0.5, 0.6) is 5.75 Å². The molecule has 1 aliphatic carbocycles. The van der Waals surface area contributed by atoms with E-state index in [4.69, 9.17) is 9.84 Å². The van der Waals surface area contributed by atoms with Crippen LogP contribution in [0.25, 0.3) is 0 Å². The number of carbonyl (C=O) groups is 3. The molecule has 2 unspecified atom stereocenters. The maximum Gasteiger partial charge on any atom is 0.326 e. The molecule has 0 spiro atoms. The van der Waals surface area contributed by atoms with E-state index in [-0.39, 0.29) is 12.3 Å². The first-order valence-electron chi connectivity index (χ1n) is 7.13. The highest BCUT2D eigenvalue weighted by Crippen LogP contribution is 2.33. The second kappa shape index (κ2) is 5.67. The maximum absolute atomic E-state index is 12.0. The number of anilines is 1. The van der Waals surface area contributed by atoms with Gasteiger partial charge in [0.05, 0.1) is 12.1 Å². The number of amides is 2. The van der Waals surface area contributed by atoms with E-state index in [1.165, 1.54) is 0 Å². The third-order valence-electron chi connectivity index (χ3n) is 3.75. The van der Waals surface area contributed by atoms with Crippen molar-refractivity contribution in [3.8, 4) is 5.75 Å². The van der Waals surface area contributed by atoms with Crippen molar-refractivity contribution in [1.82, 2.24) is 5.32 Å². The molecule has 2 atom stereocenters. The van der Waals surface area contributed by atoms with Crippen LogP contribution < -0.4 is 15.4 Å². The van der Waals surface area contributed by atoms with Crippen molar-refractivity contribution >= 4 is 23.5 Å². The van der Waals surface area contributed by atoms with Crippen LogP contribution >= 0.6 is 0 Å². The van der Waals surface area contributed by atoms with Gasteiger partial charge in [-0.1, -0.05) is 12.1 Å². The van der Waals surface area contributed by atoms with Crippen LogP contribution in [0.3, 0.4) is 0 Å². The van der Waals surface area contributed by atoms with E-state index in [0.29, 0.717) is 11.4 Å². The topological polar surface area (TPSA) is 105 Å². The molecule has 2 amide bonds. The number of ether oxygens (including phenoxy) is 1. The summed E-state index contributed by atoms with van der Waals surface area (Å²) in [4.78, 5) is 35.0. The van der Waals surface area contributed by atoms with Crippen molar-refractivity contribution < 1.29 is 24.2 Å². The van der Waals surface area contributed by atoms with Crippen LogP contribution in [0.1, 0.15) is 19.3 Å². The van der Waals surface area contributed by atoms with Gasteiger partial charge in [0.2, 0.25) is 5.91 Å². The van der Waals surface area contributed by atoms with E-state index in [1.807, 2.05) is 0 Å². The highest BCUT2D eigenvalue weighted by Gasteiger charge is 2.38. The van der Waals surface area contributed by atoms with Crippen molar-refractivity contribution in [2.45, 2.75) is 31.4 Å². The quantitative estimate of drug-likeness (QED) is 0.744. The minimum absolute atomic E-state index is 0.0109. The van der Waals surface area contributed by atoms with Crippen molar-refractivity contribution in [1.29, 1.82) is 0 Å². The standard InChI is InChI=1S/C15H16N2O5/c18-12(17-13(15(20)21)8-5-6-8)7-11-14(19)16-9-3-1-2-4-10(9)22-11/h1-4,8,11,13H,5-7H2,(H,16,19)(H,17,18)(H,20,21). The fraction of sp³-hybridized carbons (Fsp3) is 0.400. The van der Waals surface area contributed by atoms with Crippen LogP contribution in [0.15, 0.2) is 24.3 Å². The number of carbonyl (C=O) groups excluding carboxylic acids is 2. The summed E-state index contributed by atoms with van der Waals surface area (Å²) < 4.78 is 5.51. The molecule has 1 saturated carbocycles. The van der Waals surface area contributed by atoms with Gasteiger partial charge in [0, 0.05) is 0 Å². The molecule has 3 rings (SSSR count). The number of hydrogen-bond acceptors (Lipinski definition) is 4. The zero-order valence-electron chi connectivity index (χ0n) is 11.7. The van der Waals surface area contributed by atoms with Crippen LogP contribution in [0.4, 0.5) is 5.69 Å².